The Labute approximate surface area is 186 Å². The molecular weight excluding hydrogens is 414 g/mol. The highest BCUT2D eigenvalue weighted by atomic mass is 32.2. The number of hydrogen-bond donors (Lipinski definition) is 1. The third-order valence-corrected chi connectivity index (χ3v) is 6.24. The molecule has 0 aliphatic carbocycles. The van der Waals surface area contributed by atoms with Crippen LogP contribution in [0.3, 0.4) is 0 Å². The summed E-state index contributed by atoms with van der Waals surface area (Å²) in [7, 11) is 1.75. The molecule has 0 bridgehead atoms. The van der Waals surface area contributed by atoms with Gasteiger partial charge in [-0.3, -0.25) is 4.79 Å². The topological polar surface area (TPSA) is 71.1 Å². The van der Waals surface area contributed by atoms with E-state index in [2.05, 4.69) is 5.32 Å². The summed E-state index contributed by atoms with van der Waals surface area (Å²) in [5, 5.41) is 2.90. The van der Waals surface area contributed by atoms with Crippen molar-refractivity contribution < 1.29 is 19.1 Å². The zero-order valence-corrected chi connectivity index (χ0v) is 18.5. The fourth-order valence-corrected chi connectivity index (χ4v) is 4.46. The van der Waals surface area contributed by atoms with Gasteiger partial charge in [0.25, 0.3) is 0 Å². The fourth-order valence-electron chi connectivity index (χ4n) is 3.56. The molecule has 2 aliphatic heterocycles. The van der Waals surface area contributed by atoms with Gasteiger partial charge in [0.2, 0.25) is 5.91 Å². The van der Waals surface area contributed by atoms with E-state index in [1.807, 2.05) is 59.1 Å². The third-order valence-electron chi connectivity index (χ3n) is 5.30. The van der Waals surface area contributed by atoms with Crippen molar-refractivity contribution >= 4 is 29.4 Å². The molecule has 1 saturated heterocycles. The Kier molecular flexibility index (Phi) is 6.86. The quantitative estimate of drug-likeness (QED) is 0.771. The normalized spacial score (nSPS) is 15.3. The zero-order valence-electron chi connectivity index (χ0n) is 17.6. The smallest absolute Gasteiger partial charge is 0.321 e. The van der Waals surface area contributed by atoms with Crippen molar-refractivity contribution in [3.05, 3.63) is 53.6 Å². The maximum absolute atomic E-state index is 12.6. The van der Waals surface area contributed by atoms with Crippen LogP contribution >= 0.6 is 11.8 Å². The molecule has 2 aliphatic rings. The predicted molar refractivity (Wildman–Crippen MR) is 122 cm³/mol. The summed E-state index contributed by atoms with van der Waals surface area (Å²) in [6, 6.07) is 13.0. The predicted octanol–water partition coefficient (Wildman–Crippen LogP) is 3.24. The number of anilines is 1. The van der Waals surface area contributed by atoms with Crippen LogP contribution in [0.5, 0.6) is 11.5 Å². The lowest BCUT2D eigenvalue weighted by atomic mass is 10.1. The maximum Gasteiger partial charge on any atom is 0.321 e. The van der Waals surface area contributed by atoms with Gasteiger partial charge in [-0.15, -0.1) is 0 Å². The van der Waals surface area contributed by atoms with E-state index in [9.17, 15) is 9.59 Å². The summed E-state index contributed by atoms with van der Waals surface area (Å²) >= 11 is 1.89. The number of carbonyl (C=O) groups excluding carboxylic acids is 2. The number of carbonyl (C=O) groups is 2. The summed E-state index contributed by atoms with van der Waals surface area (Å²) in [5.74, 6) is 3.63. The minimum absolute atomic E-state index is 0.163. The fraction of sp³-hybridized carbons (Fsp3) is 0.391. The Morgan fingerprint density at radius 3 is 2.42 bits per heavy atom. The van der Waals surface area contributed by atoms with Crippen LogP contribution < -0.4 is 14.8 Å². The van der Waals surface area contributed by atoms with E-state index in [4.69, 9.17) is 9.47 Å². The molecule has 2 aromatic carbocycles. The number of hydrogen-bond acceptors (Lipinski definition) is 5. The molecule has 0 unspecified atom stereocenters. The van der Waals surface area contributed by atoms with Crippen LogP contribution in [0.15, 0.2) is 42.5 Å². The van der Waals surface area contributed by atoms with Crippen LogP contribution in [0.4, 0.5) is 10.5 Å². The van der Waals surface area contributed by atoms with Gasteiger partial charge in [0.1, 0.15) is 13.2 Å². The van der Waals surface area contributed by atoms with Crippen LogP contribution in [0, 0.1) is 0 Å². The van der Waals surface area contributed by atoms with Crippen molar-refractivity contribution in [1.29, 1.82) is 0 Å². The van der Waals surface area contributed by atoms with E-state index in [0.29, 0.717) is 37.6 Å². The number of thioether (sulfide) groups is 1. The van der Waals surface area contributed by atoms with Gasteiger partial charge in [0.05, 0.1) is 6.42 Å². The van der Waals surface area contributed by atoms with Crippen LogP contribution in [0.25, 0.3) is 0 Å². The number of ether oxygens (including phenoxy) is 2. The molecule has 0 saturated carbocycles. The second-order valence-electron chi connectivity index (χ2n) is 7.63. The van der Waals surface area contributed by atoms with Crippen molar-refractivity contribution in [3.63, 3.8) is 0 Å². The van der Waals surface area contributed by atoms with Crippen LogP contribution in [-0.2, 0) is 17.8 Å². The van der Waals surface area contributed by atoms with Gasteiger partial charge in [-0.1, -0.05) is 18.2 Å². The van der Waals surface area contributed by atoms with Crippen molar-refractivity contribution in [2.45, 2.75) is 13.0 Å². The van der Waals surface area contributed by atoms with Gasteiger partial charge < -0.3 is 24.6 Å². The van der Waals surface area contributed by atoms with Gasteiger partial charge in [-0.05, 0) is 35.4 Å². The minimum Gasteiger partial charge on any atom is -0.486 e. The molecule has 31 heavy (non-hydrogen) atoms. The highest BCUT2D eigenvalue weighted by Gasteiger charge is 2.17. The molecule has 8 heteroatoms. The molecular formula is C23H27N3O4S. The molecule has 7 nitrogen and oxygen atoms in total. The number of rotatable bonds is 5. The Morgan fingerprint density at radius 2 is 1.68 bits per heavy atom. The first kappa shape index (κ1) is 21.4. The first-order valence-electron chi connectivity index (χ1n) is 10.4. The number of benzene rings is 2. The first-order chi connectivity index (χ1) is 15.1. The lowest BCUT2D eigenvalue weighted by molar-refractivity contribution is -0.130. The minimum atomic E-state index is -0.204. The molecule has 2 aromatic rings. The monoisotopic (exact) mass is 441 g/mol. The van der Waals surface area contributed by atoms with E-state index in [-0.39, 0.29) is 11.9 Å². The molecule has 0 atom stereocenters. The second-order valence-corrected chi connectivity index (χ2v) is 8.86. The van der Waals surface area contributed by atoms with E-state index in [1.165, 1.54) is 0 Å². The summed E-state index contributed by atoms with van der Waals surface area (Å²) in [6.07, 6.45) is 0.392. The summed E-state index contributed by atoms with van der Waals surface area (Å²) in [6.45, 7) is 3.19. The number of urea groups is 1. The average molecular weight is 442 g/mol. The summed E-state index contributed by atoms with van der Waals surface area (Å²) in [5.41, 5.74) is 2.61. The molecule has 0 aromatic heterocycles. The standard InChI is InChI=1S/C23H27N3O4S/c1-25(16-18-4-7-20-21(14-18)30-11-10-29-20)23(28)24-19-5-2-17(3-6-19)15-22(27)26-8-12-31-13-9-26/h2-7,14H,8-13,15-16H2,1H3,(H,24,28). The lowest BCUT2D eigenvalue weighted by Gasteiger charge is -2.26. The van der Waals surface area contributed by atoms with Crippen LogP contribution in [-0.4, -0.2) is 66.6 Å². The average Bonchev–Trinajstić information content (AvgIpc) is 2.80. The van der Waals surface area contributed by atoms with Gasteiger partial charge in [0, 0.05) is 43.9 Å². The zero-order chi connectivity index (χ0) is 21.6. The largest absolute Gasteiger partial charge is 0.486 e. The van der Waals surface area contributed by atoms with E-state index in [1.54, 1.807) is 11.9 Å². The molecule has 3 amide bonds. The van der Waals surface area contributed by atoms with Gasteiger partial charge >= 0.3 is 6.03 Å². The molecule has 164 valence electrons. The van der Waals surface area contributed by atoms with Crippen molar-refractivity contribution in [3.8, 4) is 11.5 Å². The maximum atomic E-state index is 12.6. The number of nitrogens with one attached hydrogen (secondary N) is 1. The Hall–Kier alpha value is -2.87. The van der Waals surface area contributed by atoms with Gasteiger partial charge in [-0.2, -0.15) is 11.8 Å². The van der Waals surface area contributed by atoms with E-state index >= 15 is 0 Å². The van der Waals surface area contributed by atoms with E-state index < -0.39 is 0 Å². The molecule has 1 N–H and O–H groups in total. The highest BCUT2D eigenvalue weighted by Crippen LogP contribution is 2.31. The van der Waals surface area contributed by atoms with Crippen LogP contribution in [0.1, 0.15) is 11.1 Å². The highest BCUT2D eigenvalue weighted by molar-refractivity contribution is 7.99. The van der Waals surface area contributed by atoms with Gasteiger partial charge in [-0.25, -0.2) is 4.79 Å². The lowest BCUT2D eigenvalue weighted by Crippen LogP contribution is -2.38. The number of nitrogens with zero attached hydrogens (tertiary/aromatic N) is 2. The van der Waals surface area contributed by atoms with Crippen molar-refractivity contribution in [2.75, 3.05) is 50.2 Å². The van der Waals surface area contributed by atoms with Crippen molar-refractivity contribution in [1.82, 2.24) is 9.80 Å². The Balaban J connectivity index is 1.29. The van der Waals surface area contributed by atoms with Crippen LogP contribution in [0.2, 0.25) is 0 Å². The number of fused-ring (bicyclic) bond motifs is 1. The molecule has 1 fully saturated rings. The van der Waals surface area contributed by atoms with Gasteiger partial charge in [0.15, 0.2) is 11.5 Å². The summed E-state index contributed by atoms with van der Waals surface area (Å²) < 4.78 is 11.1. The third kappa shape index (κ3) is 5.64. The Morgan fingerprint density at radius 1 is 1.00 bits per heavy atom. The SMILES string of the molecule is CN(Cc1ccc2c(c1)OCCO2)C(=O)Nc1ccc(CC(=O)N2CCSCC2)cc1. The Bertz CT molecular complexity index is 929. The van der Waals surface area contributed by atoms with E-state index in [0.717, 1.165) is 41.5 Å². The first-order valence-corrected chi connectivity index (χ1v) is 11.6. The molecule has 0 radical (unpaired) electrons. The summed E-state index contributed by atoms with van der Waals surface area (Å²) in [4.78, 5) is 28.5. The van der Waals surface area contributed by atoms with Crippen molar-refractivity contribution in [2.24, 2.45) is 0 Å². The second kappa shape index (κ2) is 9.96. The number of amides is 3. The molecule has 4 rings (SSSR count). The molecule has 0 spiro atoms. The molecule has 2 heterocycles.